The molecule has 2 aromatic heterocycles. The van der Waals surface area contributed by atoms with E-state index in [4.69, 9.17) is 11.6 Å². The van der Waals surface area contributed by atoms with Crippen molar-refractivity contribution in [2.45, 2.75) is 32.1 Å². The fourth-order valence-electron chi connectivity index (χ4n) is 2.28. The maximum Gasteiger partial charge on any atom is 0.178 e. The first kappa shape index (κ1) is 10.0. The van der Waals surface area contributed by atoms with Gasteiger partial charge in [-0.25, -0.2) is 0 Å². The predicted octanol–water partition coefficient (Wildman–Crippen LogP) is 1.99. The van der Waals surface area contributed by atoms with E-state index < -0.39 is 0 Å². The number of aryl methyl sites for hydroxylation is 1. The number of halogens is 1. The number of nitrogens with zero attached hydrogens (tertiary/aromatic N) is 4. The van der Waals surface area contributed by atoms with Crippen LogP contribution in [0.25, 0.3) is 5.65 Å². The minimum Gasteiger partial charge on any atom is -0.196 e. The number of aromatic nitrogens is 4. The molecule has 0 amide bonds. The molecular weight excluding hydrogens is 224 g/mol. The van der Waals surface area contributed by atoms with E-state index in [-0.39, 0.29) is 0 Å². The molecular formula is C11H13ClN4. The van der Waals surface area contributed by atoms with Gasteiger partial charge in [0.2, 0.25) is 0 Å². The highest BCUT2D eigenvalue weighted by molar-refractivity contribution is 6.16. The van der Waals surface area contributed by atoms with Crippen LogP contribution in [0.15, 0.2) is 6.07 Å². The zero-order valence-electron chi connectivity index (χ0n) is 9.15. The number of alkyl halides is 1. The zero-order valence-corrected chi connectivity index (χ0v) is 9.91. The van der Waals surface area contributed by atoms with Gasteiger partial charge in [0.1, 0.15) is 0 Å². The van der Waals surface area contributed by atoms with E-state index in [9.17, 15) is 0 Å². The lowest BCUT2D eigenvalue weighted by Crippen LogP contribution is -2.15. The predicted molar refractivity (Wildman–Crippen MR) is 61.5 cm³/mol. The number of hydrogen-bond donors (Lipinski definition) is 0. The molecule has 0 radical (unpaired) electrons. The lowest BCUT2D eigenvalue weighted by atomic mass is 9.88. The van der Waals surface area contributed by atoms with E-state index in [0.717, 1.165) is 30.2 Å². The van der Waals surface area contributed by atoms with Crippen LogP contribution in [-0.2, 0) is 18.7 Å². The molecule has 2 aromatic rings. The fourth-order valence-corrected chi connectivity index (χ4v) is 2.45. The summed E-state index contributed by atoms with van der Waals surface area (Å²) in [4.78, 5) is 0. The molecule has 1 aliphatic carbocycles. The van der Waals surface area contributed by atoms with Crippen molar-refractivity contribution in [2.75, 3.05) is 0 Å². The Morgan fingerprint density at radius 1 is 1.50 bits per heavy atom. The van der Waals surface area contributed by atoms with E-state index in [2.05, 4.69) is 28.3 Å². The molecule has 0 bridgehead atoms. The second-order valence-electron chi connectivity index (χ2n) is 4.48. The highest BCUT2D eigenvalue weighted by Crippen LogP contribution is 2.24. The summed E-state index contributed by atoms with van der Waals surface area (Å²) in [5.41, 5.74) is 3.31. The standard InChI is InChI=1S/C11H13ClN4/c1-7-2-3-9-8(4-7)5-10-13-14-11(6-12)16(10)15-9/h5,7H,2-4,6H2,1H3/t7-/m0/s1. The van der Waals surface area contributed by atoms with Gasteiger partial charge in [0.15, 0.2) is 11.5 Å². The van der Waals surface area contributed by atoms with Crippen LogP contribution in [-0.4, -0.2) is 19.8 Å². The molecule has 1 aliphatic rings. The van der Waals surface area contributed by atoms with Gasteiger partial charge >= 0.3 is 0 Å². The lowest BCUT2D eigenvalue weighted by Gasteiger charge is -2.20. The van der Waals surface area contributed by atoms with Gasteiger partial charge in [-0.1, -0.05) is 6.92 Å². The summed E-state index contributed by atoms with van der Waals surface area (Å²) < 4.78 is 1.77. The summed E-state index contributed by atoms with van der Waals surface area (Å²) in [5, 5.41) is 12.7. The maximum absolute atomic E-state index is 5.79. The Morgan fingerprint density at radius 2 is 2.38 bits per heavy atom. The van der Waals surface area contributed by atoms with Crippen LogP contribution >= 0.6 is 11.6 Å². The second kappa shape index (κ2) is 3.70. The Bertz CT molecular complexity index is 534. The molecule has 16 heavy (non-hydrogen) atoms. The molecule has 5 heteroatoms. The molecule has 2 heterocycles. The van der Waals surface area contributed by atoms with E-state index in [1.54, 1.807) is 4.52 Å². The molecule has 3 rings (SSSR count). The Balaban J connectivity index is 2.17. The van der Waals surface area contributed by atoms with Crippen LogP contribution in [0.5, 0.6) is 0 Å². The third kappa shape index (κ3) is 1.48. The van der Waals surface area contributed by atoms with Crippen LogP contribution < -0.4 is 0 Å². The van der Waals surface area contributed by atoms with Crippen molar-refractivity contribution in [1.82, 2.24) is 19.8 Å². The Hall–Kier alpha value is -1.16. The lowest BCUT2D eigenvalue weighted by molar-refractivity contribution is 0.488. The topological polar surface area (TPSA) is 43.1 Å². The molecule has 4 nitrogen and oxygen atoms in total. The second-order valence-corrected chi connectivity index (χ2v) is 4.75. The Morgan fingerprint density at radius 3 is 3.19 bits per heavy atom. The highest BCUT2D eigenvalue weighted by Gasteiger charge is 2.18. The van der Waals surface area contributed by atoms with Crippen molar-refractivity contribution >= 4 is 17.2 Å². The Labute approximate surface area is 98.6 Å². The molecule has 0 aliphatic heterocycles. The molecule has 1 atom stereocenters. The largest absolute Gasteiger partial charge is 0.196 e. The number of rotatable bonds is 1. The summed E-state index contributed by atoms with van der Waals surface area (Å²) in [5.74, 6) is 1.81. The molecule has 0 fully saturated rings. The van der Waals surface area contributed by atoms with E-state index >= 15 is 0 Å². The van der Waals surface area contributed by atoms with Crippen LogP contribution in [0.2, 0.25) is 0 Å². The minimum atomic E-state index is 0.351. The smallest absolute Gasteiger partial charge is 0.178 e. The highest BCUT2D eigenvalue weighted by atomic mass is 35.5. The first-order chi connectivity index (χ1) is 7.78. The normalized spacial score (nSPS) is 20.0. The summed E-state index contributed by atoms with van der Waals surface area (Å²) in [6.45, 7) is 2.28. The van der Waals surface area contributed by atoms with Gasteiger partial charge in [-0.2, -0.15) is 9.61 Å². The molecule has 0 saturated heterocycles. The van der Waals surface area contributed by atoms with E-state index in [1.165, 1.54) is 17.7 Å². The average molecular weight is 237 g/mol. The molecule has 0 aromatic carbocycles. The average Bonchev–Trinajstić information content (AvgIpc) is 2.68. The summed E-state index contributed by atoms with van der Waals surface area (Å²) in [7, 11) is 0. The monoisotopic (exact) mass is 236 g/mol. The van der Waals surface area contributed by atoms with Crippen molar-refractivity contribution in [3.8, 4) is 0 Å². The fraction of sp³-hybridized carbons (Fsp3) is 0.545. The summed E-state index contributed by atoms with van der Waals surface area (Å²) in [6, 6.07) is 2.10. The van der Waals surface area contributed by atoms with Gasteiger partial charge < -0.3 is 0 Å². The molecule has 0 saturated carbocycles. The zero-order chi connectivity index (χ0) is 11.1. The van der Waals surface area contributed by atoms with Gasteiger partial charge in [-0.05, 0) is 36.8 Å². The molecule has 0 N–H and O–H groups in total. The van der Waals surface area contributed by atoms with Crippen molar-refractivity contribution in [1.29, 1.82) is 0 Å². The van der Waals surface area contributed by atoms with Crippen LogP contribution in [0.3, 0.4) is 0 Å². The number of hydrogen-bond acceptors (Lipinski definition) is 3. The third-order valence-electron chi connectivity index (χ3n) is 3.19. The first-order valence-corrected chi connectivity index (χ1v) is 6.10. The van der Waals surface area contributed by atoms with E-state index in [1.807, 2.05) is 0 Å². The van der Waals surface area contributed by atoms with Crippen LogP contribution in [0.1, 0.15) is 30.4 Å². The van der Waals surface area contributed by atoms with Crippen molar-refractivity contribution in [2.24, 2.45) is 5.92 Å². The molecule has 0 unspecified atom stereocenters. The third-order valence-corrected chi connectivity index (χ3v) is 3.42. The van der Waals surface area contributed by atoms with Crippen LogP contribution in [0.4, 0.5) is 0 Å². The molecule has 0 spiro atoms. The first-order valence-electron chi connectivity index (χ1n) is 5.57. The van der Waals surface area contributed by atoms with Gasteiger partial charge in [0.05, 0.1) is 11.6 Å². The Kier molecular flexibility index (Phi) is 2.32. The number of fused-ring (bicyclic) bond motifs is 2. The van der Waals surface area contributed by atoms with Crippen molar-refractivity contribution < 1.29 is 0 Å². The minimum absolute atomic E-state index is 0.351. The van der Waals surface area contributed by atoms with Crippen LogP contribution in [0, 0.1) is 5.92 Å². The van der Waals surface area contributed by atoms with Gasteiger partial charge in [0.25, 0.3) is 0 Å². The SMILES string of the molecule is C[C@H]1CCc2nn3c(CCl)nnc3cc2C1. The quantitative estimate of drug-likeness (QED) is 0.712. The maximum atomic E-state index is 5.79. The van der Waals surface area contributed by atoms with Gasteiger partial charge in [-0.3, -0.25) is 0 Å². The van der Waals surface area contributed by atoms with Gasteiger partial charge in [0, 0.05) is 0 Å². The summed E-state index contributed by atoms with van der Waals surface area (Å²) >= 11 is 5.79. The molecule has 84 valence electrons. The van der Waals surface area contributed by atoms with Crippen molar-refractivity contribution in [3.05, 3.63) is 23.1 Å². The van der Waals surface area contributed by atoms with Gasteiger partial charge in [-0.15, -0.1) is 21.8 Å². The summed E-state index contributed by atoms with van der Waals surface area (Å²) in [6.07, 6.45) is 3.36. The van der Waals surface area contributed by atoms with E-state index in [0.29, 0.717) is 5.88 Å². The van der Waals surface area contributed by atoms with Crippen molar-refractivity contribution in [3.63, 3.8) is 0 Å².